The summed E-state index contributed by atoms with van der Waals surface area (Å²) >= 11 is 3.13. The Hall–Kier alpha value is -1.87. The van der Waals surface area contributed by atoms with Gasteiger partial charge in [0.25, 0.3) is 5.56 Å². The van der Waals surface area contributed by atoms with Crippen LogP contribution in [0.3, 0.4) is 0 Å². The van der Waals surface area contributed by atoms with Crippen LogP contribution in [0.1, 0.15) is 18.5 Å². The van der Waals surface area contributed by atoms with E-state index in [1.54, 1.807) is 0 Å². The lowest BCUT2D eigenvalue weighted by Gasteiger charge is -2.26. The van der Waals surface area contributed by atoms with Crippen LogP contribution >= 0.6 is 15.9 Å². The largest absolute Gasteiger partial charge is 0.488 e. The fourth-order valence-electron chi connectivity index (χ4n) is 2.33. The van der Waals surface area contributed by atoms with Gasteiger partial charge in [0.1, 0.15) is 24.1 Å². The Morgan fingerprint density at radius 3 is 3.00 bits per heavy atom. The molecule has 0 spiro atoms. The number of nitriles is 1. The number of halogens is 2. The number of pyridine rings is 1. The van der Waals surface area contributed by atoms with Crippen LogP contribution < -0.4 is 10.3 Å². The van der Waals surface area contributed by atoms with Crippen molar-refractivity contribution in [2.75, 3.05) is 6.61 Å². The fourth-order valence-corrected chi connectivity index (χ4v) is 2.75. The molecule has 19 heavy (non-hydrogen) atoms. The van der Waals surface area contributed by atoms with Crippen molar-refractivity contribution in [3.8, 4) is 11.8 Å². The second-order valence-corrected chi connectivity index (χ2v) is 5.24. The predicted molar refractivity (Wildman–Crippen MR) is 70.8 cm³/mol. The molecule has 0 saturated heterocycles. The van der Waals surface area contributed by atoms with Crippen LogP contribution in [0.25, 0.3) is 10.9 Å². The van der Waals surface area contributed by atoms with Gasteiger partial charge in [-0.25, -0.2) is 4.39 Å². The van der Waals surface area contributed by atoms with Gasteiger partial charge < -0.3 is 4.74 Å². The molecule has 2 heterocycles. The molecule has 0 saturated carbocycles. The Morgan fingerprint density at radius 1 is 1.58 bits per heavy atom. The number of ether oxygens (including phenoxy) is 1. The van der Waals surface area contributed by atoms with Gasteiger partial charge in [0, 0.05) is 5.39 Å². The molecule has 96 valence electrons. The quantitative estimate of drug-likeness (QED) is 0.749. The Balaban J connectivity index is 2.60. The van der Waals surface area contributed by atoms with Gasteiger partial charge in [0.15, 0.2) is 5.75 Å². The highest BCUT2D eigenvalue weighted by Crippen LogP contribution is 2.39. The van der Waals surface area contributed by atoms with Crippen molar-refractivity contribution in [2.24, 2.45) is 0 Å². The summed E-state index contributed by atoms with van der Waals surface area (Å²) in [4.78, 5) is 12.2. The van der Waals surface area contributed by atoms with Crippen molar-refractivity contribution in [1.29, 1.82) is 5.26 Å². The lowest BCUT2D eigenvalue weighted by atomic mass is 10.1. The average Bonchev–Trinajstić information content (AvgIpc) is 2.39. The van der Waals surface area contributed by atoms with Crippen molar-refractivity contribution in [3.05, 3.63) is 38.3 Å². The third kappa shape index (κ3) is 1.58. The molecule has 1 atom stereocenters. The second kappa shape index (κ2) is 4.07. The molecule has 0 fully saturated rings. The molecule has 1 aromatic carbocycles. The normalized spacial score (nSPS) is 17.1. The monoisotopic (exact) mass is 322 g/mol. The minimum atomic E-state index is -0.480. The molecule has 0 bridgehead atoms. The summed E-state index contributed by atoms with van der Waals surface area (Å²) in [5, 5.41) is 9.48. The lowest BCUT2D eigenvalue weighted by molar-refractivity contribution is 0.242. The van der Waals surface area contributed by atoms with Crippen LogP contribution in [0.15, 0.2) is 21.4 Å². The van der Waals surface area contributed by atoms with Gasteiger partial charge in [0.2, 0.25) is 0 Å². The molecule has 0 amide bonds. The SMILES string of the molecule is C[C@H]1COc2c(Br)c(F)cc3cc(C#N)c(=O)n1c23. The first-order chi connectivity index (χ1) is 9.04. The molecule has 3 rings (SSSR count). The molecule has 0 unspecified atom stereocenters. The van der Waals surface area contributed by atoms with Crippen LogP contribution in [-0.2, 0) is 0 Å². The lowest BCUT2D eigenvalue weighted by Crippen LogP contribution is -2.32. The fraction of sp³-hybridized carbons (Fsp3) is 0.231. The van der Waals surface area contributed by atoms with Gasteiger partial charge in [-0.1, -0.05) is 0 Å². The number of benzene rings is 1. The van der Waals surface area contributed by atoms with E-state index in [1.165, 1.54) is 16.7 Å². The zero-order chi connectivity index (χ0) is 13.7. The summed E-state index contributed by atoms with van der Waals surface area (Å²) in [6.45, 7) is 2.08. The van der Waals surface area contributed by atoms with Gasteiger partial charge in [0.05, 0.1) is 16.0 Å². The first-order valence-corrected chi connectivity index (χ1v) is 6.44. The Kier molecular flexibility index (Phi) is 2.61. The maximum absolute atomic E-state index is 13.8. The number of hydrogen-bond donors (Lipinski definition) is 0. The molecular weight excluding hydrogens is 315 g/mol. The van der Waals surface area contributed by atoms with E-state index in [1.807, 2.05) is 13.0 Å². The van der Waals surface area contributed by atoms with Gasteiger partial charge in [-0.15, -0.1) is 0 Å². The highest BCUT2D eigenvalue weighted by Gasteiger charge is 2.25. The molecule has 6 heteroatoms. The van der Waals surface area contributed by atoms with E-state index in [9.17, 15) is 9.18 Å². The average molecular weight is 323 g/mol. The molecule has 0 radical (unpaired) electrons. The molecule has 1 aromatic heterocycles. The highest BCUT2D eigenvalue weighted by atomic mass is 79.9. The number of aromatic nitrogens is 1. The van der Waals surface area contributed by atoms with E-state index >= 15 is 0 Å². The minimum Gasteiger partial charge on any atom is -0.488 e. The number of rotatable bonds is 0. The Labute approximate surface area is 116 Å². The smallest absolute Gasteiger partial charge is 0.269 e. The third-order valence-corrected chi connectivity index (χ3v) is 3.94. The van der Waals surface area contributed by atoms with Crippen LogP contribution in [0.2, 0.25) is 0 Å². The van der Waals surface area contributed by atoms with Crippen molar-refractivity contribution in [1.82, 2.24) is 4.57 Å². The summed E-state index contributed by atoms with van der Waals surface area (Å²) < 4.78 is 21.0. The van der Waals surface area contributed by atoms with Crippen LogP contribution in [0.5, 0.6) is 5.75 Å². The Bertz CT molecular complexity index is 807. The predicted octanol–water partition coefficient (Wildman–Crippen LogP) is 2.73. The van der Waals surface area contributed by atoms with E-state index < -0.39 is 5.82 Å². The van der Waals surface area contributed by atoms with Gasteiger partial charge in [-0.2, -0.15) is 5.26 Å². The van der Waals surface area contributed by atoms with Crippen LogP contribution in [0, 0.1) is 17.1 Å². The third-order valence-electron chi connectivity index (χ3n) is 3.20. The van der Waals surface area contributed by atoms with E-state index in [2.05, 4.69) is 15.9 Å². The second-order valence-electron chi connectivity index (χ2n) is 4.44. The topological polar surface area (TPSA) is 55.0 Å². The van der Waals surface area contributed by atoms with E-state index in [0.717, 1.165) is 0 Å². The molecule has 1 aliphatic rings. The van der Waals surface area contributed by atoms with Crippen molar-refractivity contribution in [2.45, 2.75) is 13.0 Å². The number of nitrogens with zero attached hydrogens (tertiary/aromatic N) is 2. The number of hydrogen-bond acceptors (Lipinski definition) is 3. The molecule has 1 aliphatic heterocycles. The summed E-state index contributed by atoms with van der Waals surface area (Å²) in [5.74, 6) is -0.166. The molecule has 4 nitrogen and oxygen atoms in total. The van der Waals surface area contributed by atoms with Crippen molar-refractivity contribution >= 4 is 26.8 Å². The van der Waals surface area contributed by atoms with E-state index in [-0.39, 0.29) is 28.2 Å². The maximum atomic E-state index is 13.8. The minimum absolute atomic E-state index is 0.00826. The van der Waals surface area contributed by atoms with Crippen molar-refractivity contribution < 1.29 is 9.13 Å². The maximum Gasteiger partial charge on any atom is 0.269 e. The molecular formula is C13H8BrFN2O2. The highest BCUT2D eigenvalue weighted by molar-refractivity contribution is 9.10. The van der Waals surface area contributed by atoms with E-state index in [4.69, 9.17) is 10.00 Å². The first kappa shape index (κ1) is 12.2. The summed E-state index contributed by atoms with van der Waals surface area (Å²) in [6.07, 6.45) is 0. The first-order valence-electron chi connectivity index (χ1n) is 5.64. The zero-order valence-electron chi connectivity index (χ0n) is 9.91. The molecule has 0 aliphatic carbocycles. The van der Waals surface area contributed by atoms with Crippen LogP contribution in [-0.4, -0.2) is 11.2 Å². The van der Waals surface area contributed by atoms with Gasteiger partial charge in [-0.05, 0) is 35.0 Å². The van der Waals surface area contributed by atoms with Crippen molar-refractivity contribution in [3.63, 3.8) is 0 Å². The van der Waals surface area contributed by atoms with Gasteiger partial charge >= 0.3 is 0 Å². The summed E-state index contributed by atoms with van der Waals surface area (Å²) in [6, 6.07) is 4.34. The van der Waals surface area contributed by atoms with Gasteiger partial charge in [-0.3, -0.25) is 9.36 Å². The summed E-state index contributed by atoms with van der Waals surface area (Å²) in [7, 11) is 0. The van der Waals surface area contributed by atoms with E-state index in [0.29, 0.717) is 16.7 Å². The Morgan fingerprint density at radius 2 is 2.32 bits per heavy atom. The molecule has 0 N–H and O–H groups in total. The molecule has 2 aromatic rings. The zero-order valence-corrected chi connectivity index (χ0v) is 11.5. The standard InChI is InChI=1S/C13H8BrFN2O2/c1-6-5-19-12-10(14)9(15)3-7-2-8(4-16)13(18)17(6)11(7)12/h2-3,6H,5H2,1H3/t6-/m0/s1. The summed E-state index contributed by atoms with van der Waals surface area (Å²) in [5.41, 5.74) is 0.163. The van der Waals surface area contributed by atoms with Crippen LogP contribution in [0.4, 0.5) is 4.39 Å².